The van der Waals surface area contributed by atoms with Crippen molar-refractivity contribution in [2.24, 2.45) is 11.7 Å². The standard InChI is InChI=1S/C11H20N2/c1-2-3-8-13-9-5-11(4-7-12)6-10-13/h11H,4-10,12H2,1H3. The number of rotatable bonds is 3. The normalized spacial score (nSPS) is 19.5. The molecule has 0 radical (unpaired) electrons. The summed E-state index contributed by atoms with van der Waals surface area (Å²) in [5.41, 5.74) is 5.54. The number of hydrogen-bond donors (Lipinski definition) is 1. The highest BCUT2D eigenvalue weighted by Gasteiger charge is 2.17. The maximum absolute atomic E-state index is 5.54. The highest BCUT2D eigenvalue weighted by Crippen LogP contribution is 2.19. The Balaban J connectivity index is 2.17. The topological polar surface area (TPSA) is 29.3 Å². The van der Waals surface area contributed by atoms with Crippen LogP contribution in [0.4, 0.5) is 0 Å². The van der Waals surface area contributed by atoms with Crippen LogP contribution >= 0.6 is 0 Å². The third-order valence-electron chi connectivity index (χ3n) is 2.76. The van der Waals surface area contributed by atoms with Gasteiger partial charge in [0.1, 0.15) is 0 Å². The Bertz CT molecular complexity index is 182. The largest absolute Gasteiger partial charge is 0.330 e. The molecule has 0 aromatic rings. The lowest BCUT2D eigenvalue weighted by molar-refractivity contribution is 0.198. The Morgan fingerprint density at radius 3 is 2.62 bits per heavy atom. The molecule has 1 rings (SSSR count). The molecule has 13 heavy (non-hydrogen) atoms. The van der Waals surface area contributed by atoms with E-state index in [1.54, 1.807) is 0 Å². The summed E-state index contributed by atoms with van der Waals surface area (Å²) in [6.45, 7) is 6.12. The number of nitrogens with zero attached hydrogens (tertiary/aromatic N) is 1. The summed E-state index contributed by atoms with van der Waals surface area (Å²) in [7, 11) is 0. The molecular weight excluding hydrogens is 160 g/mol. The van der Waals surface area contributed by atoms with Gasteiger partial charge in [0, 0.05) is 0 Å². The Morgan fingerprint density at radius 2 is 2.08 bits per heavy atom. The molecule has 74 valence electrons. The molecule has 1 aliphatic heterocycles. The van der Waals surface area contributed by atoms with Crippen LogP contribution in [0.15, 0.2) is 0 Å². The molecule has 0 aromatic carbocycles. The molecule has 0 unspecified atom stereocenters. The second-order valence-electron chi connectivity index (χ2n) is 3.72. The summed E-state index contributed by atoms with van der Waals surface area (Å²) >= 11 is 0. The maximum Gasteiger partial charge on any atom is 0.0601 e. The summed E-state index contributed by atoms with van der Waals surface area (Å²) in [6, 6.07) is 0. The Morgan fingerprint density at radius 1 is 1.38 bits per heavy atom. The van der Waals surface area contributed by atoms with E-state index >= 15 is 0 Å². The minimum atomic E-state index is 0.847. The Kier molecular flexibility index (Phi) is 4.88. The molecule has 1 aliphatic rings. The third-order valence-corrected chi connectivity index (χ3v) is 2.76. The molecule has 1 saturated heterocycles. The van der Waals surface area contributed by atoms with Gasteiger partial charge in [0.05, 0.1) is 6.54 Å². The van der Waals surface area contributed by atoms with Gasteiger partial charge < -0.3 is 5.73 Å². The second-order valence-corrected chi connectivity index (χ2v) is 3.72. The number of hydrogen-bond acceptors (Lipinski definition) is 2. The van der Waals surface area contributed by atoms with Gasteiger partial charge in [0.2, 0.25) is 0 Å². The van der Waals surface area contributed by atoms with Crippen molar-refractivity contribution in [1.82, 2.24) is 4.90 Å². The fourth-order valence-corrected chi connectivity index (χ4v) is 1.86. The van der Waals surface area contributed by atoms with Gasteiger partial charge in [-0.3, -0.25) is 4.90 Å². The van der Waals surface area contributed by atoms with Crippen LogP contribution in [0.2, 0.25) is 0 Å². The van der Waals surface area contributed by atoms with Crippen molar-refractivity contribution in [3.8, 4) is 11.8 Å². The van der Waals surface area contributed by atoms with Gasteiger partial charge in [-0.05, 0) is 51.7 Å². The van der Waals surface area contributed by atoms with Crippen LogP contribution in [0.3, 0.4) is 0 Å². The fourth-order valence-electron chi connectivity index (χ4n) is 1.86. The summed E-state index contributed by atoms with van der Waals surface area (Å²) in [4.78, 5) is 2.43. The van der Waals surface area contributed by atoms with Gasteiger partial charge in [-0.25, -0.2) is 0 Å². The smallest absolute Gasteiger partial charge is 0.0601 e. The van der Waals surface area contributed by atoms with Crippen molar-refractivity contribution in [2.75, 3.05) is 26.2 Å². The van der Waals surface area contributed by atoms with Crippen molar-refractivity contribution in [3.05, 3.63) is 0 Å². The Hall–Kier alpha value is -0.520. The lowest BCUT2D eigenvalue weighted by Crippen LogP contribution is -2.34. The molecule has 0 atom stereocenters. The van der Waals surface area contributed by atoms with E-state index in [9.17, 15) is 0 Å². The molecule has 1 heterocycles. The second kappa shape index (κ2) is 6.01. The van der Waals surface area contributed by atoms with Crippen LogP contribution in [0.25, 0.3) is 0 Å². The summed E-state index contributed by atoms with van der Waals surface area (Å²) in [5.74, 6) is 6.93. The SMILES string of the molecule is CC#CCN1CCC(CCN)CC1. The zero-order valence-corrected chi connectivity index (χ0v) is 8.55. The van der Waals surface area contributed by atoms with Crippen LogP contribution in [0.5, 0.6) is 0 Å². The summed E-state index contributed by atoms with van der Waals surface area (Å²) in [5, 5.41) is 0. The van der Waals surface area contributed by atoms with Gasteiger partial charge in [-0.1, -0.05) is 5.92 Å². The van der Waals surface area contributed by atoms with Crippen molar-refractivity contribution in [1.29, 1.82) is 0 Å². The highest BCUT2D eigenvalue weighted by atomic mass is 15.1. The predicted octanol–water partition coefficient (Wildman–Crippen LogP) is 1.07. The zero-order valence-electron chi connectivity index (χ0n) is 8.55. The first-order chi connectivity index (χ1) is 6.36. The fraction of sp³-hybridized carbons (Fsp3) is 0.818. The number of piperidine rings is 1. The molecule has 0 bridgehead atoms. The lowest BCUT2D eigenvalue weighted by Gasteiger charge is -2.30. The van der Waals surface area contributed by atoms with Crippen molar-refractivity contribution in [3.63, 3.8) is 0 Å². The van der Waals surface area contributed by atoms with E-state index in [0.29, 0.717) is 0 Å². The van der Waals surface area contributed by atoms with Gasteiger partial charge >= 0.3 is 0 Å². The number of nitrogens with two attached hydrogens (primary N) is 1. The first kappa shape index (κ1) is 10.6. The molecule has 0 amide bonds. The minimum absolute atomic E-state index is 0.847. The van der Waals surface area contributed by atoms with Crippen molar-refractivity contribution < 1.29 is 0 Å². The lowest BCUT2D eigenvalue weighted by atomic mass is 9.94. The third kappa shape index (κ3) is 3.80. The predicted molar refractivity (Wildman–Crippen MR) is 56.3 cm³/mol. The minimum Gasteiger partial charge on any atom is -0.330 e. The first-order valence-corrected chi connectivity index (χ1v) is 5.19. The van der Waals surface area contributed by atoms with E-state index in [0.717, 1.165) is 19.0 Å². The van der Waals surface area contributed by atoms with Crippen LogP contribution in [-0.4, -0.2) is 31.1 Å². The molecule has 2 heteroatoms. The maximum atomic E-state index is 5.54. The van der Waals surface area contributed by atoms with E-state index in [1.165, 1.54) is 32.4 Å². The van der Waals surface area contributed by atoms with E-state index < -0.39 is 0 Å². The number of likely N-dealkylation sites (tertiary alicyclic amines) is 1. The van der Waals surface area contributed by atoms with E-state index in [-0.39, 0.29) is 0 Å². The molecule has 0 aromatic heterocycles. The quantitative estimate of drug-likeness (QED) is 0.658. The Labute approximate surface area is 81.5 Å². The molecule has 2 nitrogen and oxygen atoms in total. The van der Waals surface area contributed by atoms with E-state index in [4.69, 9.17) is 5.73 Å². The van der Waals surface area contributed by atoms with Crippen LogP contribution < -0.4 is 5.73 Å². The summed E-state index contributed by atoms with van der Waals surface area (Å²) in [6.07, 6.45) is 3.82. The van der Waals surface area contributed by atoms with Gasteiger partial charge in [0.15, 0.2) is 0 Å². The molecule has 0 aliphatic carbocycles. The van der Waals surface area contributed by atoms with Crippen LogP contribution in [0.1, 0.15) is 26.2 Å². The van der Waals surface area contributed by atoms with Gasteiger partial charge in [0.25, 0.3) is 0 Å². The average Bonchev–Trinajstić information content (AvgIpc) is 2.17. The van der Waals surface area contributed by atoms with Gasteiger partial charge in [-0.2, -0.15) is 0 Å². The molecule has 1 fully saturated rings. The monoisotopic (exact) mass is 180 g/mol. The summed E-state index contributed by atoms with van der Waals surface area (Å²) < 4.78 is 0. The van der Waals surface area contributed by atoms with Crippen molar-refractivity contribution in [2.45, 2.75) is 26.2 Å². The first-order valence-electron chi connectivity index (χ1n) is 5.19. The highest BCUT2D eigenvalue weighted by molar-refractivity contribution is 4.98. The average molecular weight is 180 g/mol. The van der Waals surface area contributed by atoms with Crippen LogP contribution in [0, 0.1) is 17.8 Å². The zero-order chi connectivity index (χ0) is 9.52. The van der Waals surface area contributed by atoms with E-state index in [1.807, 2.05) is 6.92 Å². The van der Waals surface area contributed by atoms with E-state index in [2.05, 4.69) is 16.7 Å². The molecule has 2 N–H and O–H groups in total. The van der Waals surface area contributed by atoms with Crippen LogP contribution in [-0.2, 0) is 0 Å². The molecule has 0 saturated carbocycles. The molecule has 0 spiro atoms. The van der Waals surface area contributed by atoms with Crippen molar-refractivity contribution >= 4 is 0 Å². The van der Waals surface area contributed by atoms with Gasteiger partial charge in [-0.15, -0.1) is 5.92 Å². The molecular formula is C11H20N2.